The highest BCUT2D eigenvalue weighted by molar-refractivity contribution is 7.47. The Hall–Kier alpha value is -1.94. The Morgan fingerprint density at radius 2 is 0.539 bits per heavy atom. The lowest BCUT2D eigenvalue weighted by Gasteiger charge is -2.21. The molecule has 3 unspecified atom stereocenters. The van der Waals surface area contributed by atoms with Crippen LogP contribution >= 0.6 is 15.6 Å². The lowest BCUT2D eigenvalue weighted by Crippen LogP contribution is -2.30. The van der Waals surface area contributed by atoms with Gasteiger partial charge in [0.05, 0.1) is 26.4 Å². The summed E-state index contributed by atoms with van der Waals surface area (Å²) in [5.74, 6) is 0.824. The molecule has 17 nitrogen and oxygen atoms in total. The summed E-state index contributed by atoms with van der Waals surface area (Å²) in [5.41, 5.74) is 0. The van der Waals surface area contributed by atoms with E-state index in [0.717, 1.165) is 114 Å². The van der Waals surface area contributed by atoms with Crippen molar-refractivity contribution in [1.82, 2.24) is 0 Å². The van der Waals surface area contributed by atoms with E-state index in [1.54, 1.807) is 0 Å². The van der Waals surface area contributed by atoms with Gasteiger partial charge in [0.25, 0.3) is 0 Å². The van der Waals surface area contributed by atoms with Crippen LogP contribution in [0.15, 0.2) is 0 Å². The van der Waals surface area contributed by atoms with Gasteiger partial charge in [-0.15, -0.1) is 0 Å². The van der Waals surface area contributed by atoms with E-state index in [1.807, 2.05) is 0 Å². The Bertz CT molecular complexity index is 1770. The molecular weight excluding hydrogens is 1170 g/mol. The largest absolute Gasteiger partial charge is 0.472 e. The van der Waals surface area contributed by atoms with Crippen LogP contribution in [0, 0.1) is 23.7 Å². The summed E-state index contributed by atoms with van der Waals surface area (Å²) in [4.78, 5) is 72.5. The molecule has 0 rings (SSSR count). The molecule has 0 heterocycles. The van der Waals surface area contributed by atoms with Gasteiger partial charge in [-0.05, 0) is 49.4 Å². The fraction of sp³-hybridized carbons (Fsp3) is 0.943. The van der Waals surface area contributed by atoms with Crippen LogP contribution in [-0.4, -0.2) is 96.7 Å². The molecule has 0 amide bonds. The third-order valence-corrected chi connectivity index (χ3v) is 18.3. The molecular formula is C70H136O17P2. The summed E-state index contributed by atoms with van der Waals surface area (Å²) in [5, 5.41) is 10.6. The first-order valence-electron chi connectivity index (χ1n) is 36.2. The summed E-state index contributed by atoms with van der Waals surface area (Å²) in [7, 11) is -9.90. The number of phosphoric acid groups is 2. The number of hydrogen-bond donors (Lipinski definition) is 3. The van der Waals surface area contributed by atoms with Crippen molar-refractivity contribution in [2.24, 2.45) is 23.7 Å². The smallest absolute Gasteiger partial charge is 0.462 e. The fourth-order valence-corrected chi connectivity index (χ4v) is 12.0. The number of carbonyl (C=O) groups excluding carboxylic acids is 4. The number of ether oxygens (including phenoxy) is 4. The number of hydrogen-bond acceptors (Lipinski definition) is 15. The number of aliphatic hydroxyl groups is 1. The number of esters is 4. The van der Waals surface area contributed by atoms with E-state index < -0.39 is 97.5 Å². The minimum Gasteiger partial charge on any atom is -0.462 e. The number of carbonyl (C=O) groups is 4. The van der Waals surface area contributed by atoms with E-state index >= 15 is 0 Å². The van der Waals surface area contributed by atoms with Crippen molar-refractivity contribution in [3.8, 4) is 0 Å². The zero-order chi connectivity index (χ0) is 66.1. The highest BCUT2D eigenvalue weighted by atomic mass is 31.2. The third-order valence-electron chi connectivity index (χ3n) is 16.4. The molecule has 6 atom stereocenters. The maximum atomic E-state index is 13.0. The summed E-state index contributed by atoms with van der Waals surface area (Å²) in [6, 6.07) is 0. The lowest BCUT2D eigenvalue weighted by molar-refractivity contribution is -0.161. The Morgan fingerprint density at radius 1 is 0.315 bits per heavy atom. The van der Waals surface area contributed by atoms with Crippen LogP contribution in [0.5, 0.6) is 0 Å². The molecule has 0 aromatic rings. The topological polar surface area (TPSA) is 237 Å². The van der Waals surface area contributed by atoms with E-state index in [4.69, 9.17) is 37.0 Å². The molecule has 528 valence electrons. The molecule has 0 aliphatic heterocycles. The predicted molar refractivity (Wildman–Crippen MR) is 358 cm³/mol. The van der Waals surface area contributed by atoms with Crippen molar-refractivity contribution in [2.45, 2.75) is 363 Å². The van der Waals surface area contributed by atoms with Crippen LogP contribution in [0.1, 0.15) is 344 Å². The van der Waals surface area contributed by atoms with Crippen LogP contribution < -0.4 is 0 Å². The van der Waals surface area contributed by atoms with Crippen molar-refractivity contribution in [3.63, 3.8) is 0 Å². The Kier molecular flexibility index (Phi) is 58.5. The predicted octanol–water partition coefficient (Wildman–Crippen LogP) is 19.7. The molecule has 0 spiro atoms. The van der Waals surface area contributed by atoms with Gasteiger partial charge in [0.1, 0.15) is 19.3 Å². The summed E-state index contributed by atoms with van der Waals surface area (Å²) in [6.45, 7) is 14.0. The van der Waals surface area contributed by atoms with Crippen molar-refractivity contribution >= 4 is 39.5 Å². The molecule has 0 fully saturated rings. The first kappa shape index (κ1) is 87.1. The van der Waals surface area contributed by atoms with Crippen molar-refractivity contribution < 1.29 is 80.2 Å². The average Bonchev–Trinajstić information content (AvgIpc) is 3.70. The molecule has 89 heavy (non-hydrogen) atoms. The van der Waals surface area contributed by atoms with Crippen LogP contribution in [0.4, 0.5) is 0 Å². The van der Waals surface area contributed by atoms with Gasteiger partial charge in [0.15, 0.2) is 12.2 Å². The number of unbranched alkanes of at least 4 members (excludes halogenated alkanes) is 32. The lowest BCUT2D eigenvalue weighted by atomic mass is 10.00. The van der Waals surface area contributed by atoms with Gasteiger partial charge in [-0.1, -0.05) is 293 Å². The number of phosphoric ester groups is 2. The second-order valence-corrected chi connectivity index (χ2v) is 29.8. The maximum absolute atomic E-state index is 13.0. The van der Waals surface area contributed by atoms with E-state index in [9.17, 15) is 43.2 Å². The highest BCUT2D eigenvalue weighted by Gasteiger charge is 2.30. The second kappa shape index (κ2) is 59.8. The van der Waals surface area contributed by atoms with Gasteiger partial charge in [-0.2, -0.15) is 0 Å². The molecule has 0 saturated heterocycles. The molecule has 3 N–H and O–H groups in total. The van der Waals surface area contributed by atoms with E-state index in [0.29, 0.717) is 31.6 Å². The zero-order valence-corrected chi connectivity index (χ0v) is 59.8. The van der Waals surface area contributed by atoms with Gasteiger partial charge in [-0.3, -0.25) is 37.3 Å². The zero-order valence-electron chi connectivity index (χ0n) is 58.1. The first-order chi connectivity index (χ1) is 42.6. The fourth-order valence-electron chi connectivity index (χ4n) is 10.5. The molecule has 19 heteroatoms. The molecule has 0 aliphatic carbocycles. The van der Waals surface area contributed by atoms with Crippen molar-refractivity contribution in [1.29, 1.82) is 0 Å². The minimum absolute atomic E-state index is 0.101. The third kappa shape index (κ3) is 63.2. The van der Waals surface area contributed by atoms with Crippen molar-refractivity contribution in [2.75, 3.05) is 39.6 Å². The van der Waals surface area contributed by atoms with Gasteiger partial charge in [-0.25, -0.2) is 9.13 Å². The average molecular weight is 1310 g/mol. The van der Waals surface area contributed by atoms with Gasteiger partial charge >= 0.3 is 39.5 Å². The number of aliphatic hydroxyl groups excluding tert-OH is 1. The monoisotopic (exact) mass is 1310 g/mol. The standard InChI is InChI=1S/C70H136O17P2/c1-9-63(8)49-41-33-27-29-35-43-51-68(73)81-57-65(86-69(74)52-44-36-25-21-16-12-10-11-14-18-22-30-38-46-60(2)3)58-84-88(76,77)82-54-64(71)55-83-89(78,79)85-59-66(87-70(75)53-45-37-28-26-32-40-48-62(6)7)56-80-67(72)50-42-34-24-20-17-13-15-19-23-31-39-47-61(4)5/h60-66,71H,9-59H2,1-8H3,(H,76,77)(H,78,79)/t63?,64-,65+,66+/m0/s1. The molecule has 0 bridgehead atoms. The highest BCUT2D eigenvalue weighted by Crippen LogP contribution is 2.45. The normalized spacial score (nSPS) is 14.6. The van der Waals surface area contributed by atoms with Crippen LogP contribution in [0.2, 0.25) is 0 Å². The molecule has 0 radical (unpaired) electrons. The quantitative estimate of drug-likeness (QED) is 0.0222. The van der Waals surface area contributed by atoms with Gasteiger partial charge < -0.3 is 33.8 Å². The van der Waals surface area contributed by atoms with E-state index in [2.05, 4.69) is 55.4 Å². The summed E-state index contributed by atoms with van der Waals surface area (Å²) >= 11 is 0. The van der Waals surface area contributed by atoms with E-state index in [1.165, 1.54) is 141 Å². The molecule has 0 aromatic heterocycles. The number of rotatable bonds is 67. The Labute approximate surface area is 543 Å². The first-order valence-corrected chi connectivity index (χ1v) is 39.2. The maximum Gasteiger partial charge on any atom is 0.472 e. The molecule has 0 aromatic carbocycles. The summed E-state index contributed by atoms with van der Waals surface area (Å²) in [6.07, 6.45) is 41.9. The summed E-state index contributed by atoms with van der Waals surface area (Å²) < 4.78 is 68.2. The van der Waals surface area contributed by atoms with Crippen LogP contribution in [0.3, 0.4) is 0 Å². The van der Waals surface area contributed by atoms with E-state index in [-0.39, 0.29) is 25.7 Å². The van der Waals surface area contributed by atoms with Gasteiger partial charge in [0, 0.05) is 25.7 Å². The van der Waals surface area contributed by atoms with Crippen molar-refractivity contribution in [3.05, 3.63) is 0 Å². The molecule has 0 aliphatic rings. The SMILES string of the molecule is CCC(C)CCCCCCCCC(=O)OC[C@H](COP(=O)(O)OC[C@H](O)COP(=O)(O)OC[C@@H](COC(=O)CCCCCCCCCCCCCC(C)C)OC(=O)CCCCCCCCC(C)C)OC(=O)CCCCCCCCCCCCCCCC(C)C. The van der Waals surface area contributed by atoms with Gasteiger partial charge in [0.2, 0.25) is 0 Å². The Morgan fingerprint density at radius 3 is 0.798 bits per heavy atom. The van der Waals surface area contributed by atoms with Crippen LogP contribution in [-0.2, 0) is 65.4 Å². The Balaban J connectivity index is 5.21. The van der Waals surface area contributed by atoms with Crippen LogP contribution in [0.25, 0.3) is 0 Å². The molecule has 0 saturated carbocycles. The minimum atomic E-state index is -4.95. The second-order valence-electron chi connectivity index (χ2n) is 26.9.